The molecule has 1 N–H and O–H groups in total. The Labute approximate surface area is 156 Å². The van der Waals surface area contributed by atoms with Gasteiger partial charge in [0.15, 0.2) is 5.58 Å². The van der Waals surface area contributed by atoms with Crippen LogP contribution < -0.4 is 11.1 Å². The molecule has 1 aliphatic rings. The van der Waals surface area contributed by atoms with Crippen molar-refractivity contribution in [1.82, 2.24) is 14.5 Å². The number of carbonyl (C=O) groups is 1. The molecule has 0 unspecified atom stereocenters. The zero-order chi connectivity index (χ0) is 18.8. The lowest BCUT2D eigenvalue weighted by atomic mass is 9.96. The van der Waals surface area contributed by atoms with Gasteiger partial charge in [-0.1, -0.05) is 18.2 Å². The summed E-state index contributed by atoms with van der Waals surface area (Å²) in [5.41, 5.74) is 2.27. The van der Waals surface area contributed by atoms with E-state index in [0.717, 1.165) is 37.1 Å². The summed E-state index contributed by atoms with van der Waals surface area (Å²) in [7, 11) is 0. The minimum absolute atomic E-state index is 0.0127. The number of benzene rings is 1. The number of fused-ring (bicyclic) bond motifs is 1. The SMILES string of the molecule is Cc1cccc(NC(=O)C2CCN(Cn3c(=O)oc4ccccc43)CC2)n1. The molecule has 1 saturated heterocycles. The summed E-state index contributed by atoms with van der Waals surface area (Å²) >= 11 is 0. The Balaban J connectivity index is 1.36. The number of hydrogen-bond acceptors (Lipinski definition) is 5. The smallest absolute Gasteiger partial charge is 0.408 e. The number of amides is 1. The van der Waals surface area contributed by atoms with E-state index in [4.69, 9.17) is 4.42 Å². The van der Waals surface area contributed by atoms with E-state index in [-0.39, 0.29) is 17.6 Å². The highest BCUT2D eigenvalue weighted by Crippen LogP contribution is 2.20. The third kappa shape index (κ3) is 3.78. The van der Waals surface area contributed by atoms with Crippen molar-refractivity contribution in [1.29, 1.82) is 0 Å². The van der Waals surface area contributed by atoms with E-state index >= 15 is 0 Å². The first-order valence-electron chi connectivity index (χ1n) is 9.15. The third-order valence-corrected chi connectivity index (χ3v) is 5.01. The van der Waals surface area contributed by atoms with E-state index in [0.29, 0.717) is 18.1 Å². The Bertz CT molecular complexity index is 1020. The second-order valence-electron chi connectivity index (χ2n) is 6.95. The molecule has 140 valence electrons. The summed E-state index contributed by atoms with van der Waals surface area (Å²) in [6, 6.07) is 13.0. The van der Waals surface area contributed by atoms with Crippen LogP contribution in [0.5, 0.6) is 0 Å². The lowest BCUT2D eigenvalue weighted by Crippen LogP contribution is -2.40. The summed E-state index contributed by atoms with van der Waals surface area (Å²) in [5.74, 6) is 0.223. The number of likely N-dealkylation sites (tertiary alicyclic amines) is 1. The van der Waals surface area contributed by atoms with Gasteiger partial charge >= 0.3 is 5.76 Å². The Morgan fingerprint density at radius 1 is 1.19 bits per heavy atom. The number of aromatic nitrogens is 2. The highest BCUT2D eigenvalue weighted by atomic mass is 16.4. The molecular weight excluding hydrogens is 344 g/mol. The normalized spacial score (nSPS) is 15.9. The van der Waals surface area contributed by atoms with E-state index in [1.807, 2.05) is 37.3 Å². The largest absolute Gasteiger partial charge is 0.421 e. The number of carbonyl (C=O) groups excluding carboxylic acids is 1. The first-order chi connectivity index (χ1) is 13.1. The molecule has 0 spiro atoms. The van der Waals surface area contributed by atoms with Crippen LogP contribution in [-0.4, -0.2) is 33.4 Å². The van der Waals surface area contributed by atoms with Crippen LogP contribution in [0.25, 0.3) is 11.1 Å². The average Bonchev–Trinajstić information content (AvgIpc) is 2.98. The van der Waals surface area contributed by atoms with Crippen LogP contribution >= 0.6 is 0 Å². The lowest BCUT2D eigenvalue weighted by molar-refractivity contribution is -0.121. The maximum Gasteiger partial charge on any atom is 0.421 e. The zero-order valence-electron chi connectivity index (χ0n) is 15.2. The van der Waals surface area contributed by atoms with E-state index in [1.54, 1.807) is 16.7 Å². The van der Waals surface area contributed by atoms with Crippen molar-refractivity contribution in [2.45, 2.75) is 26.4 Å². The molecule has 0 radical (unpaired) electrons. The molecule has 7 nitrogen and oxygen atoms in total. The Morgan fingerprint density at radius 3 is 2.74 bits per heavy atom. The van der Waals surface area contributed by atoms with Gasteiger partial charge in [0, 0.05) is 24.7 Å². The molecule has 1 fully saturated rings. The number of pyridine rings is 1. The predicted octanol–water partition coefficient (Wildman–Crippen LogP) is 2.61. The quantitative estimate of drug-likeness (QED) is 0.768. The fourth-order valence-electron chi connectivity index (χ4n) is 3.53. The average molecular weight is 366 g/mol. The van der Waals surface area contributed by atoms with Crippen molar-refractivity contribution < 1.29 is 9.21 Å². The molecule has 27 heavy (non-hydrogen) atoms. The number of para-hydroxylation sites is 2. The van der Waals surface area contributed by atoms with Gasteiger partial charge in [0.25, 0.3) is 0 Å². The van der Waals surface area contributed by atoms with Gasteiger partial charge in [-0.2, -0.15) is 0 Å². The summed E-state index contributed by atoms with van der Waals surface area (Å²) in [6.07, 6.45) is 1.50. The van der Waals surface area contributed by atoms with E-state index in [2.05, 4.69) is 15.2 Å². The molecule has 1 aliphatic heterocycles. The Hall–Kier alpha value is -2.93. The molecule has 3 heterocycles. The van der Waals surface area contributed by atoms with Crippen LogP contribution in [0.3, 0.4) is 0 Å². The number of hydrogen-bond donors (Lipinski definition) is 1. The lowest BCUT2D eigenvalue weighted by Gasteiger charge is -2.31. The maximum absolute atomic E-state index is 12.5. The van der Waals surface area contributed by atoms with Crippen molar-refractivity contribution in [3.8, 4) is 0 Å². The van der Waals surface area contributed by atoms with Crippen molar-refractivity contribution >= 4 is 22.8 Å². The van der Waals surface area contributed by atoms with Gasteiger partial charge < -0.3 is 9.73 Å². The van der Waals surface area contributed by atoms with Crippen LogP contribution in [0, 0.1) is 12.8 Å². The molecule has 2 aromatic heterocycles. The molecule has 0 aliphatic carbocycles. The van der Waals surface area contributed by atoms with Gasteiger partial charge in [-0.15, -0.1) is 0 Å². The predicted molar refractivity (Wildman–Crippen MR) is 102 cm³/mol. The molecule has 0 atom stereocenters. The topological polar surface area (TPSA) is 80.4 Å². The zero-order valence-corrected chi connectivity index (χ0v) is 15.2. The summed E-state index contributed by atoms with van der Waals surface area (Å²) in [6.45, 7) is 3.88. The second kappa shape index (κ2) is 7.36. The Morgan fingerprint density at radius 2 is 1.96 bits per heavy atom. The molecule has 1 aromatic carbocycles. The summed E-state index contributed by atoms with van der Waals surface area (Å²) in [5, 5.41) is 2.91. The van der Waals surface area contributed by atoms with Gasteiger partial charge in [-0.3, -0.25) is 14.3 Å². The van der Waals surface area contributed by atoms with Crippen molar-refractivity contribution in [2.75, 3.05) is 18.4 Å². The van der Waals surface area contributed by atoms with Crippen LogP contribution in [0.1, 0.15) is 18.5 Å². The maximum atomic E-state index is 12.5. The highest BCUT2D eigenvalue weighted by Gasteiger charge is 2.26. The molecule has 0 bridgehead atoms. The molecule has 3 aromatic rings. The minimum atomic E-state index is -0.346. The summed E-state index contributed by atoms with van der Waals surface area (Å²) in [4.78, 5) is 31.1. The van der Waals surface area contributed by atoms with Crippen LogP contribution in [0.15, 0.2) is 51.7 Å². The third-order valence-electron chi connectivity index (χ3n) is 5.01. The number of piperidine rings is 1. The monoisotopic (exact) mass is 366 g/mol. The molecule has 0 saturated carbocycles. The van der Waals surface area contributed by atoms with E-state index in [1.165, 1.54) is 0 Å². The number of anilines is 1. The fraction of sp³-hybridized carbons (Fsp3) is 0.350. The molecule has 7 heteroatoms. The standard InChI is InChI=1S/C20H22N4O3/c1-14-5-4-8-18(21-14)22-19(25)15-9-11-23(12-10-15)13-24-16-6-2-3-7-17(16)27-20(24)26/h2-8,15H,9-13H2,1H3,(H,21,22,25). The van der Waals surface area contributed by atoms with Gasteiger partial charge in [0.2, 0.25) is 5.91 Å². The molecule has 4 rings (SSSR count). The van der Waals surface area contributed by atoms with Gasteiger partial charge in [0.05, 0.1) is 12.2 Å². The number of oxazole rings is 1. The van der Waals surface area contributed by atoms with E-state index < -0.39 is 0 Å². The highest BCUT2D eigenvalue weighted by molar-refractivity contribution is 5.91. The molecule has 1 amide bonds. The van der Waals surface area contributed by atoms with Crippen LogP contribution in [-0.2, 0) is 11.5 Å². The van der Waals surface area contributed by atoms with Crippen molar-refractivity contribution in [3.05, 3.63) is 58.7 Å². The van der Waals surface area contributed by atoms with Crippen molar-refractivity contribution in [2.24, 2.45) is 5.92 Å². The first kappa shape index (κ1) is 17.5. The number of aryl methyl sites for hydroxylation is 1. The Kier molecular flexibility index (Phi) is 4.77. The van der Waals surface area contributed by atoms with Gasteiger partial charge in [-0.25, -0.2) is 9.78 Å². The molecular formula is C20H22N4O3. The number of rotatable bonds is 4. The van der Waals surface area contributed by atoms with Crippen LogP contribution in [0.2, 0.25) is 0 Å². The van der Waals surface area contributed by atoms with Crippen molar-refractivity contribution in [3.63, 3.8) is 0 Å². The summed E-state index contributed by atoms with van der Waals surface area (Å²) < 4.78 is 6.93. The van der Waals surface area contributed by atoms with Crippen LogP contribution in [0.4, 0.5) is 5.82 Å². The fourth-order valence-corrected chi connectivity index (χ4v) is 3.53. The number of nitrogens with zero attached hydrogens (tertiary/aromatic N) is 3. The number of nitrogens with one attached hydrogen (secondary N) is 1. The first-order valence-corrected chi connectivity index (χ1v) is 9.15. The minimum Gasteiger partial charge on any atom is -0.408 e. The van der Waals surface area contributed by atoms with E-state index in [9.17, 15) is 9.59 Å². The second-order valence-corrected chi connectivity index (χ2v) is 6.95. The van der Waals surface area contributed by atoms with Gasteiger partial charge in [0.1, 0.15) is 5.82 Å². The van der Waals surface area contributed by atoms with Gasteiger partial charge in [-0.05, 0) is 44.0 Å².